The lowest BCUT2D eigenvalue weighted by molar-refractivity contribution is -0.209. The second-order valence-corrected chi connectivity index (χ2v) is 2.58. The van der Waals surface area contributed by atoms with E-state index in [4.69, 9.17) is 16.6 Å². The van der Waals surface area contributed by atoms with Crippen LogP contribution in [0.4, 0.5) is 13.2 Å². The van der Waals surface area contributed by atoms with Gasteiger partial charge in [0.2, 0.25) is 0 Å². The van der Waals surface area contributed by atoms with E-state index in [0.29, 0.717) is 6.42 Å². The van der Waals surface area contributed by atoms with Gasteiger partial charge in [-0.05, 0) is 19.4 Å². The molecule has 0 aliphatic heterocycles. The van der Waals surface area contributed by atoms with Crippen LogP contribution in [-0.4, -0.2) is 30.0 Å². The van der Waals surface area contributed by atoms with Gasteiger partial charge in [-0.15, -0.1) is 0 Å². The number of halogens is 3. The summed E-state index contributed by atoms with van der Waals surface area (Å²) >= 11 is 0. The van der Waals surface area contributed by atoms with Gasteiger partial charge in [0.15, 0.2) is 6.10 Å². The monoisotopic (exact) mass is 186 g/mol. The number of hydrogen-bond donors (Lipinski definition) is 3. The molecule has 0 radical (unpaired) electrons. The Kier molecular flexibility index (Phi) is 4.51. The lowest BCUT2D eigenvalue weighted by Crippen LogP contribution is -2.45. The predicted molar refractivity (Wildman–Crippen MR) is 38.3 cm³/mol. The summed E-state index contributed by atoms with van der Waals surface area (Å²) in [5.41, 5.74) is 10.1. The Labute approximate surface area is 68.5 Å². The van der Waals surface area contributed by atoms with Crippen LogP contribution in [-0.2, 0) is 0 Å². The first-order chi connectivity index (χ1) is 5.39. The van der Waals surface area contributed by atoms with E-state index in [9.17, 15) is 13.2 Å². The van der Waals surface area contributed by atoms with Gasteiger partial charge in [-0.25, -0.2) is 0 Å². The van der Waals surface area contributed by atoms with Gasteiger partial charge in [0.1, 0.15) is 0 Å². The molecule has 3 nitrogen and oxygen atoms in total. The van der Waals surface area contributed by atoms with Crippen LogP contribution >= 0.6 is 0 Å². The standard InChI is InChI=1S/C6H13F3N2O/c7-6(8,9)5(12)4(11)2-1-3-10/h4-5,12H,1-3,10-11H2. The third-order valence-electron chi connectivity index (χ3n) is 1.48. The van der Waals surface area contributed by atoms with Gasteiger partial charge in [-0.2, -0.15) is 13.2 Å². The molecule has 0 aliphatic carbocycles. The molecular weight excluding hydrogens is 173 g/mol. The van der Waals surface area contributed by atoms with Crippen molar-refractivity contribution in [2.24, 2.45) is 11.5 Å². The third kappa shape index (κ3) is 3.89. The number of aliphatic hydroxyl groups excluding tert-OH is 1. The van der Waals surface area contributed by atoms with E-state index >= 15 is 0 Å². The van der Waals surface area contributed by atoms with Gasteiger partial charge < -0.3 is 16.6 Å². The summed E-state index contributed by atoms with van der Waals surface area (Å²) in [7, 11) is 0. The first-order valence-corrected chi connectivity index (χ1v) is 3.60. The van der Waals surface area contributed by atoms with E-state index in [1.807, 2.05) is 0 Å². The highest BCUT2D eigenvalue weighted by Crippen LogP contribution is 2.22. The molecule has 0 fully saturated rings. The molecule has 0 aromatic heterocycles. The van der Waals surface area contributed by atoms with Crippen LogP contribution in [0.3, 0.4) is 0 Å². The van der Waals surface area contributed by atoms with Crippen molar-refractivity contribution in [2.45, 2.75) is 31.2 Å². The summed E-state index contributed by atoms with van der Waals surface area (Å²) in [6.45, 7) is 0.276. The van der Waals surface area contributed by atoms with Crippen LogP contribution in [0, 0.1) is 0 Å². The second-order valence-electron chi connectivity index (χ2n) is 2.58. The first kappa shape index (κ1) is 11.7. The fraction of sp³-hybridized carbons (Fsp3) is 1.00. The molecule has 0 bridgehead atoms. The smallest absolute Gasteiger partial charge is 0.382 e. The molecule has 0 saturated carbocycles. The molecule has 74 valence electrons. The number of hydrogen-bond acceptors (Lipinski definition) is 3. The largest absolute Gasteiger partial charge is 0.415 e. The Hall–Kier alpha value is -0.330. The van der Waals surface area contributed by atoms with Crippen LogP contribution in [0.15, 0.2) is 0 Å². The average Bonchev–Trinajstić information content (AvgIpc) is 1.97. The maximum absolute atomic E-state index is 11.8. The summed E-state index contributed by atoms with van der Waals surface area (Å²) < 4.78 is 35.3. The van der Waals surface area contributed by atoms with Crippen LogP contribution in [0.25, 0.3) is 0 Å². The fourth-order valence-corrected chi connectivity index (χ4v) is 0.754. The molecule has 0 spiro atoms. The topological polar surface area (TPSA) is 72.3 Å². The molecule has 0 heterocycles. The van der Waals surface area contributed by atoms with Gasteiger partial charge in [0, 0.05) is 6.04 Å². The van der Waals surface area contributed by atoms with Crippen molar-refractivity contribution >= 4 is 0 Å². The molecule has 0 aliphatic rings. The van der Waals surface area contributed by atoms with E-state index in [-0.39, 0.29) is 13.0 Å². The van der Waals surface area contributed by atoms with Gasteiger partial charge in [-0.1, -0.05) is 0 Å². The molecule has 0 saturated heterocycles. The normalized spacial score (nSPS) is 17.5. The van der Waals surface area contributed by atoms with Crippen molar-refractivity contribution in [1.82, 2.24) is 0 Å². The summed E-state index contributed by atoms with van der Waals surface area (Å²) in [6.07, 6.45) is -6.61. The van der Waals surface area contributed by atoms with E-state index in [1.165, 1.54) is 0 Å². The molecule has 0 amide bonds. The van der Waals surface area contributed by atoms with E-state index in [0.717, 1.165) is 0 Å². The number of aliphatic hydroxyl groups is 1. The summed E-state index contributed by atoms with van der Waals surface area (Å²) in [5, 5.41) is 8.59. The van der Waals surface area contributed by atoms with Crippen LogP contribution in [0.1, 0.15) is 12.8 Å². The van der Waals surface area contributed by atoms with Crippen LogP contribution in [0.2, 0.25) is 0 Å². The zero-order valence-corrected chi connectivity index (χ0v) is 6.51. The predicted octanol–water partition coefficient (Wildman–Crippen LogP) is -0.0242. The molecule has 0 aromatic carbocycles. The average molecular weight is 186 g/mol. The van der Waals surface area contributed by atoms with Crippen LogP contribution < -0.4 is 11.5 Å². The maximum atomic E-state index is 11.8. The summed E-state index contributed by atoms with van der Waals surface area (Å²) in [6, 6.07) is -1.27. The molecule has 6 heteroatoms. The lowest BCUT2D eigenvalue weighted by atomic mass is 10.1. The van der Waals surface area contributed by atoms with E-state index in [1.54, 1.807) is 0 Å². The van der Waals surface area contributed by atoms with E-state index < -0.39 is 18.3 Å². The van der Waals surface area contributed by atoms with Crippen molar-refractivity contribution in [3.8, 4) is 0 Å². The lowest BCUT2D eigenvalue weighted by Gasteiger charge is -2.20. The SMILES string of the molecule is NCCCC(N)C(O)C(F)(F)F. The molecule has 2 unspecified atom stereocenters. The van der Waals surface area contributed by atoms with Gasteiger partial charge in [0.05, 0.1) is 0 Å². The van der Waals surface area contributed by atoms with E-state index in [2.05, 4.69) is 0 Å². The minimum Gasteiger partial charge on any atom is -0.382 e. The Balaban J connectivity index is 3.84. The zero-order chi connectivity index (χ0) is 9.78. The Morgan fingerprint density at radius 1 is 1.33 bits per heavy atom. The van der Waals surface area contributed by atoms with Gasteiger partial charge in [-0.3, -0.25) is 0 Å². The third-order valence-corrected chi connectivity index (χ3v) is 1.48. The Bertz CT molecular complexity index is 128. The summed E-state index contributed by atoms with van der Waals surface area (Å²) in [5.74, 6) is 0. The van der Waals surface area contributed by atoms with Crippen molar-refractivity contribution in [3.63, 3.8) is 0 Å². The van der Waals surface area contributed by atoms with Crippen molar-refractivity contribution in [3.05, 3.63) is 0 Å². The Morgan fingerprint density at radius 2 is 1.83 bits per heavy atom. The highest BCUT2D eigenvalue weighted by molar-refractivity contribution is 4.77. The quantitative estimate of drug-likeness (QED) is 0.577. The maximum Gasteiger partial charge on any atom is 0.415 e. The fourth-order valence-electron chi connectivity index (χ4n) is 0.754. The first-order valence-electron chi connectivity index (χ1n) is 3.60. The molecule has 5 N–H and O–H groups in total. The number of alkyl halides is 3. The Morgan fingerprint density at radius 3 is 2.17 bits per heavy atom. The highest BCUT2D eigenvalue weighted by Gasteiger charge is 2.41. The van der Waals surface area contributed by atoms with Crippen LogP contribution in [0.5, 0.6) is 0 Å². The minimum absolute atomic E-state index is 0.0805. The molecule has 12 heavy (non-hydrogen) atoms. The molecule has 2 atom stereocenters. The van der Waals surface area contributed by atoms with Crippen molar-refractivity contribution in [1.29, 1.82) is 0 Å². The molecule has 0 rings (SSSR count). The van der Waals surface area contributed by atoms with Gasteiger partial charge >= 0.3 is 6.18 Å². The second kappa shape index (κ2) is 4.64. The van der Waals surface area contributed by atoms with Crippen molar-refractivity contribution < 1.29 is 18.3 Å². The number of rotatable bonds is 4. The zero-order valence-electron chi connectivity index (χ0n) is 6.51. The van der Waals surface area contributed by atoms with Crippen molar-refractivity contribution in [2.75, 3.05) is 6.54 Å². The molecular formula is C6H13F3N2O. The minimum atomic E-state index is -4.63. The van der Waals surface area contributed by atoms with Gasteiger partial charge in [0.25, 0.3) is 0 Å². The highest BCUT2D eigenvalue weighted by atomic mass is 19.4. The number of nitrogens with two attached hydrogens (primary N) is 2. The molecule has 0 aromatic rings. The summed E-state index contributed by atoms with van der Waals surface area (Å²) in [4.78, 5) is 0.